The van der Waals surface area contributed by atoms with Crippen molar-refractivity contribution in [1.82, 2.24) is 0 Å². The van der Waals surface area contributed by atoms with Crippen LogP contribution in [0.15, 0.2) is 0 Å². The largest absolute Gasteiger partial charge is 4.00 e. The van der Waals surface area contributed by atoms with Crippen LogP contribution in [0.3, 0.4) is 0 Å². The molecule has 0 amide bonds. The Morgan fingerprint density at radius 1 is 0.298 bits per heavy atom. The van der Waals surface area contributed by atoms with Crippen LogP contribution in [0.25, 0.3) is 0 Å². The Hall–Kier alpha value is -0.246. The molecule has 0 spiro atoms. The summed E-state index contributed by atoms with van der Waals surface area (Å²) in [6, 6.07) is 0. The van der Waals surface area contributed by atoms with Crippen LogP contribution in [0.5, 0.6) is 0 Å². The van der Waals surface area contributed by atoms with E-state index in [0.717, 1.165) is 103 Å². The van der Waals surface area contributed by atoms with Crippen LogP contribution in [0.2, 0.25) is 0 Å². The molecule has 344 valence electrons. The van der Waals surface area contributed by atoms with Gasteiger partial charge in [-0.2, -0.15) is 0 Å². The van der Waals surface area contributed by atoms with Gasteiger partial charge in [-0.25, -0.2) is 19.6 Å². The van der Waals surface area contributed by atoms with Crippen LogP contribution in [0, 0.1) is 23.7 Å². The first kappa shape index (κ1) is 65.9. The van der Waals surface area contributed by atoms with Gasteiger partial charge in [-0.3, -0.25) is 20.2 Å². The zero-order valence-electron chi connectivity index (χ0n) is 34.7. The summed E-state index contributed by atoms with van der Waals surface area (Å²) in [6.45, 7) is 18.4. The average Bonchev–Trinajstić information content (AvgIpc) is 3.22. The maximum Gasteiger partial charge on any atom is 4.00 e. The predicted octanol–water partition coefficient (Wildman–Crippen LogP) is 4.88. The maximum atomic E-state index is 9.24. The summed E-state index contributed by atoms with van der Waals surface area (Å²) in [5.41, 5.74) is 0. The van der Waals surface area contributed by atoms with Gasteiger partial charge in [-0.05, 0) is 110 Å². The quantitative estimate of drug-likeness (QED) is 0.0343. The first-order chi connectivity index (χ1) is 27.4. The van der Waals surface area contributed by atoms with Gasteiger partial charge in [0.15, 0.2) is 0 Å². The molecule has 0 aliphatic heterocycles. The van der Waals surface area contributed by atoms with Gasteiger partial charge in [0.1, 0.15) is 0 Å². The molecule has 0 bridgehead atoms. The number of hydrogen-bond acceptors (Lipinski definition) is 24. The van der Waals surface area contributed by atoms with Gasteiger partial charge in [0.25, 0.3) is 0 Å². The molecular weight excluding hydrogens is 816 g/mol. The van der Waals surface area contributed by atoms with E-state index in [9.17, 15) is 21.0 Å². The molecule has 0 fully saturated rings. The molecule has 0 aliphatic rings. The van der Waals surface area contributed by atoms with Crippen LogP contribution >= 0.6 is 0 Å². The van der Waals surface area contributed by atoms with Gasteiger partial charge in [0.2, 0.25) is 0 Å². The van der Waals surface area contributed by atoms with Gasteiger partial charge in [-0.1, -0.05) is 132 Å². The average molecular weight is 885 g/mol. The Morgan fingerprint density at radius 2 is 0.491 bits per heavy atom. The maximum absolute atomic E-state index is 9.24. The second-order valence-corrected chi connectivity index (χ2v) is 11.9. The molecule has 0 aromatic heterocycles. The molecule has 0 saturated carbocycles. The zero-order chi connectivity index (χ0) is 42.6. The monoisotopic (exact) mass is 884 g/mol. The molecule has 4 unspecified atom stereocenters. The van der Waals surface area contributed by atoms with Crippen LogP contribution in [-0.2, 0) is 122 Å². The summed E-state index contributed by atoms with van der Waals surface area (Å²) in [5.74, 6) is 1.69. The Morgan fingerprint density at radius 3 is 0.632 bits per heavy atom. The van der Waals surface area contributed by atoms with Crippen molar-refractivity contribution < 1.29 is 143 Å². The van der Waals surface area contributed by atoms with Crippen LogP contribution in [-0.4, -0.2) is 26.4 Å². The minimum Gasteiger partial charge on any atom is -0.689 e. The van der Waals surface area contributed by atoms with Crippen molar-refractivity contribution in [2.75, 3.05) is 26.4 Å². The van der Waals surface area contributed by atoms with Gasteiger partial charge in [0, 0.05) is 0 Å². The van der Waals surface area contributed by atoms with Crippen molar-refractivity contribution in [3.63, 3.8) is 0 Å². The molecule has 0 N–H and O–H groups in total. The molecule has 24 nitrogen and oxygen atoms in total. The van der Waals surface area contributed by atoms with E-state index in [1.54, 1.807) is 0 Å². The molecule has 0 aliphatic carbocycles. The van der Waals surface area contributed by atoms with Crippen LogP contribution < -0.4 is 21.0 Å². The standard InChI is InChI=1S/4C8H18O6.Ti/c4*1-3-5-6-8(4-2)7-10-12-14-13-11-9;/h4*8-9H,3-7H2,1-2H3;/q;;;;+4/p-4. The van der Waals surface area contributed by atoms with Gasteiger partial charge in [-0.15, -0.1) is 0 Å². The zero-order valence-corrected chi connectivity index (χ0v) is 36.3. The predicted molar refractivity (Wildman–Crippen MR) is 174 cm³/mol. The van der Waals surface area contributed by atoms with E-state index in [1.807, 2.05) is 0 Å². The van der Waals surface area contributed by atoms with E-state index in [1.165, 1.54) is 0 Å². The Labute approximate surface area is 350 Å². The Bertz CT molecular complexity index is 551. The fourth-order valence-electron chi connectivity index (χ4n) is 4.26. The van der Waals surface area contributed by atoms with Crippen molar-refractivity contribution in [1.29, 1.82) is 0 Å². The van der Waals surface area contributed by atoms with Crippen molar-refractivity contribution >= 4 is 0 Å². The van der Waals surface area contributed by atoms with E-state index in [2.05, 4.69) is 156 Å². The third-order valence-electron chi connectivity index (χ3n) is 7.91. The topological polar surface area (TPSA) is 277 Å². The third kappa shape index (κ3) is 60.1. The molecule has 25 heteroatoms. The molecule has 0 radical (unpaired) electrons. The van der Waals surface area contributed by atoms with Crippen molar-refractivity contribution in [2.45, 2.75) is 158 Å². The van der Waals surface area contributed by atoms with Gasteiger partial charge >= 0.3 is 21.7 Å². The van der Waals surface area contributed by atoms with Crippen molar-refractivity contribution in [2.24, 2.45) is 23.7 Å². The second-order valence-electron chi connectivity index (χ2n) is 11.9. The van der Waals surface area contributed by atoms with E-state index in [-0.39, 0.29) is 21.7 Å². The van der Waals surface area contributed by atoms with E-state index >= 15 is 0 Å². The summed E-state index contributed by atoms with van der Waals surface area (Å²) < 4.78 is 0. The SMILES string of the molecule is CCCCC(CC)COOOOO[O-].CCCCC(CC)COOOOO[O-].CCCCC(CC)COOOOO[O-].CCCCC(CC)COOOOO[O-].[Ti+4]. The Kier molecular flexibility index (Phi) is 72.1. The smallest absolute Gasteiger partial charge is 0.689 e. The molecule has 0 aromatic carbocycles. The van der Waals surface area contributed by atoms with Crippen LogP contribution in [0.4, 0.5) is 0 Å². The molecule has 57 heavy (non-hydrogen) atoms. The molecule has 0 heterocycles. The summed E-state index contributed by atoms with van der Waals surface area (Å²) >= 11 is 0. The molecule has 0 saturated heterocycles. The fraction of sp³-hybridized carbons (Fsp3) is 1.00. The fourth-order valence-corrected chi connectivity index (χ4v) is 4.26. The number of unbranched alkanes of at least 4 members (excludes halogenated alkanes) is 4. The van der Waals surface area contributed by atoms with Crippen molar-refractivity contribution in [3.8, 4) is 0 Å². The normalized spacial score (nSPS) is 12.8. The minimum atomic E-state index is 0. The first-order valence-corrected chi connectivity index (χ1v) is 19.0. The summed E-state index contributed by atoms with van der Waals surface area (Å²) in [7, 11) is 0. The molecular formula is C32H68O24Ti. The number of rotatable bonds is 40. The molecule has 0 rings (SSSR count). The summed E-state index contributed by atoms with van der Waals surface area (Å²) in [6.07, 6.45) is 17.6. The van der Waals surface area contributed by atoms with E-state index < -0.39 is 0 Å². The van der Waals surface area contributed by atoms with Gasteiger partial charge < -0.3 is 21.0 Å². The number of hydrogen-bond donors (Lipinski definition) is 0. The summed E-state index contributed by atoms with van der Waals surface area (Å²) in [4.78, 5) is 18.5. The molecule has 0 aromatic rings. The van der Waals surface area contributed by atoms with Gasteiger partial charge in [0.05, 0.1) is 26.4 Å². The van der Waals surface area contributed by atoms with E-state index in [0.29, 0.717) is 50.1 Å². The third-order valence-corrected chi connectivity index (χ3v) is 7.91. The summed E-state index contributed by atoms with van der Waals surface area (Å²) in [5, 5.41) is 93.2. The molecule has 4 atom stereocenters. The minimum absolute atomic E-state index is 0. The Balaban J connectivity index is -0.000000210. The first-order valence-electron chi connectivity index (χ1n) is 19.0. The van der Waals surface area contributed by atoms with Crippen molar-refractivity contribution in [3.05, 3.63) is 0 Å². The van der Waals surface area contributed by atoms with E-state index in [4.69, 9.17) is 0 Å². The second kappa shape index (κ2) is 62.4. The van der Waals surface area contributed by atoms with Crippen LogP contribution in [0.1, 0.15) is 158 Å².